The molecule has 0 spiro atoms. The van der Waals surface area contributed by atoms with Crippen LogP contribution < -0.4 is 20.1 Å². The predicted molar refractivity (Wildman–Crippen MR) is 136 cm³/mol. The summed E-state index contributed by atoms with van der Waals surface area (Å²) in [6.45, 7) is 3.26. The minimum Gasteiger partial charge on any atom is -0.493 e. The molecule has 0 heterocycles. The van der Waals surface area contributed by atoms with Gasteiger partial charge in [-0.2, -0.15) is 0 Å². The van der Waals surface area contributed by atoms with E-state index in [1.54, 1.807) is 18.2 Å². The van der Waals surface area contributed by atoms with Gasteiger partial charge in [0.25, 0.3) is 5.91 Å². The van der Waals surface area contributed by atoms with E-state index >= 15 is 0 Å². The minimum atomic E-state index is -0.300. The first kappa shape index (κ1) is 23.8. The third kappa shape index (κ3) is 7.35. The fourth-order valence-electron chi connectivity index (χ4n) is 2.87. The van der Waals surface area contributed by atoms with Crippen LogP contribution in [0.5, 0.6) is 11.5 Å². The highest BCUT2D eigenvalue weighted by Crippen LogP contribution is 2.26. The zero-order valence-electron chi connectivity index (χ0n) is 17.8. The van der Waals surface area contributed by atoms with Gasteiger partial charge in [-0.25, -0.2) is 0 Å². The number of nitrogens with one attached hydrogen (secondary N) is 2. The quantitative estimate of drug-likeness (QED) is 0.345. The third-order valence-electron chi connectivity index (χ3n) is 4.50. The lowest BCUT2D eigenvalue weighted by atomic mass is 10.2. The molecule has 7 heteroatoms. The molecule has 0 saturated carbocycles. The molecular weight excluding hydrogens is 488 g/mol. The molecule has 0 atom stereocenters. The molecule has 0 fully saturated rings. The molecule has 0 saturated heterocycles. The van der Waals surface area contributed by atoms with E-state index in [2.05, 4.69) is 38.7 Å². The summed E-state index contributed by atoms with van der Waals surface area (Å²) in [5.74, 6) is 1.18. The van der Waals surface area contributed by atoms with E-state index in [4.69, 9.17) is 21.7 Å². The molecule has 0 aliphatic rings. The van der Waals surface area contributed by atoms with Crippen LogP contribution >= 0.6 is 28.1 Å². The highest BCUT2D eigenvalue weighted by Gasteiger charge is 2.11. The minimum absolute atomic E-state index is 0.218. The van der Waals surface area contributed by atoms with Gasteiger partial charge >= 0.3 is 0 Å². The molecule has 3 aromatic rings. The highest BCUT2D eigenvalue weighted by molar-refractivity contribution is 9.10. The van der Waals surface area contributed by atoms with Gasteiger partial charge in [-0.1, -0.05) is 37.3 Å². The van der Waals surface area contributed by atoms with Gasteiger partial charge in [-0.05, 0) is 82.6 Å². The van der Waals surface area contributed by atoms with Crippen LogP contribution in [0.4, 0.5) is 5.69 Å². The smallest absolute Gasteiger partial charge is 0.257 e. The Hall–Kier alpha value is -2.90. The number of carbonyl (C=O) groups is 1. The maximum atomic E-state index is 12.5. The van der Waals surface area contributed by atoms with Crippen molar-refractivity contribution < 1.29 is 14.3 Å². The van der Waals surface area contributed by atoms with Gasteiger partial charge in [0.15, 0.2) is 5.11 Å². The average molecular weight is 513 g/mol. The fraction of sp³-hybridized carbons (Fsp3) is 0.200. The Morgan fingerprint density at radius 2 is 1.72 bits per heavy atom. The molecule has 0 radical (unpaired) electrons. The van der Waals surface area contributed by atoms with Crippen LogP contribution in [0.2, 0.25) is 0 Å². The largest absolute Gasteiger partial charge is 0.493 e. The fourth-order valence-corrected chi connectivity index (χ4v) is 3.58. The van der Waals surface area contributed by atoms with Gasteiger partial charge in [-0.15, -0.1) is 0 Å². The van der Waals surface area contributed by atoms with Crippen LogP contribution in [0.15, 0.2) is 77.3 Å². The monoisotopic (exact) mass is 512 g/mol. The number of anilines is 1. The number of rotatable bonds is 9. The van der Waals surface area contributed by atoms with E-state index in [0.717, 1.165) is 28.8 Å². The maximum Gasteiger partial charge on any atom is 0.257 e. The second kappa shape index (κ2) is 12.2. The van der Waals surface area contributed by atoms with Crippen LogP contribution in [0, 0.1) is 0 Å². The van der Waals surface area contributed by atoms with Crippen molar-refractivity contribution in [3.63, 3.8) is 0 Å². The van der Waals surface area contributed by atoms with Crippen molar-refractivity contribution in [1.29, 1.82) is 0 Å². The molecule has 32 heavy (non-hydrogen) atoms. The van der Waals surface area contributed by atoms with Gasteiger partial charge in [0, 0.05) is 17.7 Å². The Morgan fingerprint density at radius 1 is 0.969 bits per heavy atom. The molecule has 0 aliphatic carbocycles. The van der Waals surface area contributed by atoms with Gasteiger partial charge in [0.2, 0.25) is 0 Å². The van der Waals surface area contributed by atoms with Crippen molar-refractivity contribution in [3.05, 3.63) is 88.4 Å². The number of hydrogen-bond acceptors (Lipinski definition) is 4. The second-order valence-corrected chi connectivity index (χ2v) is 8.27. The van der Waals surface area contributed by atoms with Crippen LogP contribution in [0.1, 0.15) is 29.3 Å². The van der Waals surface area contributed by atoms with Crippen molar-refractivity contribution >= 4 is 44.9 Å². The standard InChI is InChI=1S/C25H25BrN2O3S/c1-2-15-31-23-13-8-19(17-22(23)26)24(29)28-25(32)27-20-9-11-21(12-10-20)30-16-14-18-6-4-3-5-7-18/h3-13,17H,2,14-16H2,1H3,(H2,27,28,29,32). The normalized spacial score (nSPS) is 10.3. The Balaban J connectivity index is 1.47. The van der Waals surface area contributed by atoms with Crippen LogP contribution in [0.3, 0.4) is 0 Å². The lowest BCUT2D eigenvalue weighted by Crippen LogP contribution is -2.34. The molecule has 5 nitrogen and oxygen atoms in total. The summed E-state index contributed by atoms with van der Waals surface area (Å²) >= 11 is 8.71. The van der Waals surface area contributed by atoms with Crippen LogP contribution in [-0.4, -0.2) is 24.2 Å². The van der Waals surface area contributed by atoms with Crippen molar-refractivity contribution in [3.8, 4) is 11.5 Å². The molecule has 0 unspecified atom stereocenters. The van der Waals surface area contributed by atoms with E-state index in [1.807, 2.05) is 49.4 Å². The third-order valence-corrected chi connectivity index (χ3v) is 5.32. The first-order chi connectivity index (χ1) is 15.5. The number of benzene rings is 3. The summed E-state index contributed by atoms with van der Waals surface area (Å²) in [7, 11) is 0. The lowest BCUT2D eigenvalue weighted by Gasteiger charge is -2.12. The van der Waals surface area contributed by atoms with Gasteiger partial charge in [0.1, 0.15) is 11.5 Å². The number of amides is 1. The predicted octanol–water partition coefficient (Wildman–Crippen LogP) is 5.99. The Morgan fingerprint density at radius 3 is 2.41 bits per heavy atom. The van der Waals surface area contributed by atoms with Gasteiger partial charge in [0.05, 0.1) is 17.7 Å². The summed E-state index contributed by atoms with van der Waals surface area (Å²) < 4.78 is 12.1. The van der Waals surface area contributed by atoms with E-state index < -0.39 is 0 Å². The molecule has 3 rings (SSSR count). The van der Waals surface area contributed by atoms with E-state index in [9.17, 15) is 4.79 Å². The molecule has 0 aliphatic heterocycles. The van der Waals surface area contributed by atoms with Crippen LogP contribution in [-0.2, 0) is 6.42 Å². The number of ether oxygens (including phenoxy) is 2. The summed E-state index contributed by atoms with van der Waals surface area (Å²) in [5.41, 5.74) is 2.48. The van der Waals surface area contributed by atoms with E-state index in [0.29, 0.717) is 24.5 Å². The summed E-state index contributed by atoms with van der Waals surface area (Å²) in [6, 6.07) is 22.8. The highest BCUT2D eigenvalue weighted by atomic mass is 79.9. The number of halogens is 1. The topological polar surface area (TPSA) is 59.6 Å². The van der Waals surface area contributed by atoms with E-state index in [-0.39, 0.29) is 11.0 Å². The molecule has 0 aromatic heterocycles. The average Bonchev–Trinajstić information content (AvgIpc) is 2.80. The molecular formula is C25H25BrN2O3S. The van der Waals surface area contributed by atoms with Crippen molar-refractivity contribution in [2.45, 2.75) is 19.8 Å². The second-order valence-electron chi connectivity index (χ2n) is 7.01. The van der Waals surface area contributed by atoms with E-state index in [1.165, 1.54) is 5.56 Å². The summed E-state index contributed by atoms with van der Waals surface area (Å²) in [5, 5.41) is 5.92. The van der Waals surface area contributed by atoms with Crippen molar-refractivity contribution in [2.75, 3.05) is 18.5 Å². The molecule has 3 aromatic carbocycles. The number of hydrogen-bond donors (Lipinski definition) is 2. The Labute approximate surface area is 202 Å². The number of thiocarbonyl (C=S) groups is 1. The Bertz CT molecular complexity index is 1040. The summed E-state index contributed by atoms with van der Waals surface area (Å²) in [6.07, 6.45) is 1.76. The molecule has 2 N–H and O–H groups in total. The zero-order chi connectivity index (χ0) is 22.8. The number of carbonyl (C=O) groups excluding carboxylic acids is 1. The van der Waals surface area contributed by atoms with Gasteiger partial charge in [-0.3, -0.25) is 10.1 Å². The first-order valence-electron chi connectivity index (χ1n) is 10.4. The molecule has 0 bridgehead atoms. The lowest BCUT2D eigenvalue weighted by molar-refractivity contribution is 0.0977. The SMILES string of the molecule is CCCOc1ccc(C(=O)NC(=S)Nc2ccc(OCCc3ccccc3)cc2)cc1Br. The van der Waals surface area contributed by atoms with Crippen LogP contribution in [0.25, 0.3) is 0 Å². The Kier molecular flexibility index (Phi) is 9.07. The van der Waals surface area contributed by atoms with Crippen molar-refractivity contribution in [1.82, 2.24) is 5.32 Å². The first-order valence-corrected chi connectivity index (χ1v) is 11.6. The molecule has 1 amide bonds. The summed E-state index contributed by atoms with van der Waals surface area (Å²) in [4.78, 5) is 12.5. The zero-order valence-corrected chi connectivity index (χ0v) is 20.2. The van der Waals surface area contributed by atoms with Gasteiger partial charge < -0.3 is 14.8 Å². The van der Waals surface area contributed by atoms with Crippen molar-refractivity contribution in [2.24, 2.45) is 0 Å². The molecule has 166 valence electrons. The maximum absolute atomic E-state index is 12.5.